The summed E-state index contributed by atoms with van der Waals surface area (Å²) in [6.45, 7) is 1.24. The van der Waals surface area contributed by atoms with Crippen LogP contribution >= 0.6 is 23.2 Å². The summed E-state index contributed by atoms with van der Waals surface area (Å²) in [4.78, 5) is 13.6. The van der Waals surface area contributed by atoms with Crippen molar-refractivity contribution in [3.05, 3.63) is 27.7 Å². The van der Waals surface area contributed by atoms with Gasteiger partial charge in [-0.25, -0.2) is 0 Å². The van der Waals surface area contributed by atoms with E-state index in [1.54, 1.807) is 11.0 Å². The number of carbonyl (C=O) groups is 1. The molecule has 0 bridgehead atoms. The first-order valence-electron chi connectivity index (χ1n) is 6.11. The van der Waals surface area contributed by atoms with Crippen molar-refractivity contribution in [3.63, 3.8) is 0 Å². The van der Waals surface area contributed by atoms with E-state index < -0.39 is 0 Å². The Kier molecular flexibility index (Phi) is 4.91. The van der Waals surface area contributed by atoms with Crippen LogP contribution < -0.4 is 4.74 Å². The summed E-state index contributed by atoms with van der Waals surface area (Å²) >= 11 is 11.9. The number of hydrogen-bond donors (Lipinski definition) is 1. The van der Waals surface area contributed by atoms with E-state index in [0.717, 1.165) is 25.9 Å². The number of likely N-dealkylation sites (tertiary alicyclic amines) is 1. The van der Waals surface area contributed by atoms with Crippen LogP contribution in [0.3, 0.4) is 0 Å². The second-order valence-corrected chi connectivity index (χ2v) is 5.25. The van der Waals surface area contributed by atoms with Crippen molar-refractivity contribution >= 4 is 29.1 Å². The summed E-state index contributed by atoms with van der Waals surface area (Å²) in [7, 11) is 0. The highest BCUT2D eigenvalue weighted by Crippen LogP contribution is 2.32. The van der Waals surface area contributed by atoms with Crippen molar-refractivity contribution in [2.24, 2.45) is 0 Å². The van der Waals surface area contributed by atoms with E-state index in [-0.39, 0.29) is 19.1 Å². The van der Waals surface area contributed by atoms with Crippen LogP contribution in [0.15, 0.2) is 12.1 Å². The lowest BCUT2D eigenvalue weighted by molar-refractivity contribution is -0.132. The molecule has 104 valence electrons. The molecule has 0 aromatic heterocycles. The van der Waals surface area contributed by atoms with Gasteiger partial charge in [0.25, 0.3) is 5.91 Å². The fourth-order valence-corrected chi connectivity index (χ4v) is 2.67. The molecule has 0 radical (unpaired) electrons. The molecule has 0 atom stereocenters. The van der Waals surface area contributed by atoms with Gasteiger partial charge in [0.15, 0.2) is 6.61 Å². The van der Waals surface area contributed by atoms with Gasteiger partial charge in [0.1, 0.15) is 5.75 Å². The van der Waals surface area contributed by atoms with E-state index in [2.05, 4.69) is 0 Å². The number of aliphatic hydroxyl groups excluding tert-OH is 1. The molecule has 6 heteroatoms. The van der Waals surface area contributed by atoms with E-state index in [0.29, 0.717) is 21.4 Å². The van der Waals surface area contributed by atoms with Gasteiger partial charge < -0.3 is 14.7 Å². The number of ether oxygens (including phenoxy) is 1. The normalized spacial score (nSPS) is 14.8. The minimum Gasteiger partial charge on any atom is -0.482 e. The molecule has 2 rings (SSSR count). The molecule has 0 unspecified atom stereocenters. The number of benzene rings is 1. The Labute approximate surface area is 121 Å². The largest absolute Gasteiger partial charge is 0.482 e. The van der Waals surface area contributed by atoms with Crippen LogP contribution in [0.5, 0.6) is 5.75 Å². The van der Waals surface area contributed by atoms with Crippen LogP contribution in [0.4, 0.5) is 0 Å². The van der Waals surface area contributed by atoms with Gasteiger partial charge in [0.2, 0.25) is 0 Å². The Morgan fingerprint density at radius 2 is 2.00 bits per heavy atom. The smallest absolute Gasteiger partial charge is 0.260 e. The van der Waals surface area contributed by atoms with Crippen LogP contribution in [0.2, 0.25) is 10.0 Å². The van der Waals surface area contributed by atoms with Crippen molar-refractivity contribution in [1.82, 2.24) is 4.90 Å². The SMILES string of the molecule is O=C(COc1c(Cl)cc(Cl)cc1CO)N1CCCC1. The monoisotopic (exact) mass is 303 g/mol. The predicted octanol–water partition coefficient (Wildman–Crippen LogP) is 2.49. The molecule has 1 heterocycles. The molecule has 1 aliphatic rings. The highest BCUT2D eigenvalue weighted by Gasteiger charge is 2.19. The number of aliphatic hydroxyl groups is 1. The van der Waals surface area contributed by atoms with E-state index in [1.807, 2.05) is 0 Å². The van der Waals surface area contributed by atoms with Gasteiger partial charge in [-0.3, -0.25) is 4.79 Å². The average molecular weight is 304 g/mol. The van der Waals surface area contributed by atoms with Crippen LogP contribution in [-0.2, 0) is 11.4 Å². The summed E-state index contributed by atoms with van der Waals surface area (Å²) < 4.78 is 5.45. The number of halogens is 2. The summed E-state index contributed by atoms with van der Waals surface area (Å²) in [5.74, 6) is 0.258. The van der Waals surface area contributed by atoms with Crippen molar-refractivity contribution in [1.29, 1.82) is 0 Å². The van der Waals surface area contributed by atoms with Gasteiger partial charge in [-0.05, 0) is 25.0 Å². The zero-order valence-electron chi connectivity index (χ0n) is 10.4. The number of nitrogens with zero attached hydrogens (tertiary/aromatic N) is 1. The van der Waals surface area contributed by atoms with Crippen molar-refractivity contribution in [3.8, 4) is 5.75 Å². The molecule has 0 spiro atoms. The third kappa shape index (κ3) is 3.53. The molecule has 0 aliphatic carbocycles. The fraction of sp³-hybridized carbons (Fsp3) is 0.462. The van der Waals surface area contributed by atoms with Crippen LogP contribution in [0.25, 0.3) is 0 Å². The molecule has 1 saturated heterocycles. The zero-order chi connectivity index (χ0) is 13.8. The first-order chi connectivity index (χ1) is 9.11. The first-order valence-corrected chi connectivity index (χ1v) is 6.86. The van der Waals surface area contributed by atoms with E-state index in [1.165, 1.54) is 6.07 Å². The lowest BCUT2D eigenvalue weighted by Crippen LogP contribution is -2.32. The molecule has 0 saturated carbocycles. The molecular formula is C13H15Cl2NO3. The molecule has 1 aromatic rings. The molecule has 19 heavy (non-hydrogen) atoms. The second kappa shape index (κ2) is 6.46. The molecule has 1 amide bonds. The standard InChI is InChI=1S/C13H15Cl2NO3/c14-10-5-9(7-17)13(11(15)6-10)19-8-12(18)16-3-1-2-4-16/h5-6,17H,1-4,7-8H2. The fourth-order valence-electron chi connectivity index (χ4n) is 2.08. The van der Waals surface area contributed by atoms with Crippen molar-refractivity contribution in [2.45, 2.75) is 19.4 Å². The van der Waals surface area contributed by atoms with Gasteiger partial charge >= 0.3 is 0 Å². The van der Waals surface area contributed by atoms with Crippen LogP contribution in [0.1, 0.15) is 18.4 Å². The van der Waals surface area contributed by atoms with Crippen LogP contribution in [-0.4, -0.2) is 35.6 Å². The summed E-state index contributed by atoms with van der Waals surface area (Å²) in [5, 5.41) is 9.97. The molecule has 1 aliphatic heterocycles. The van der Waals surface area contributed by atoms with Crippen LogP contribution in [0, 0.1) is 0 Å². The van der Waals surface area contributed by atoms with Gasteiger partial charge in [-0.1, -0.05) is 23.2 Å². The third-order valence-corrected chi connectivity index (χ3v) is 3.55. The maximum absolute atomic E-state index is 11.9. The second-order valence-electron chi connectivity index (χ2n) is 4.41. The first kappa shape index (κ1) is 14.4. The number of amides is 1. The Bertz CT molecular complexity index is 473. The number of hydrogen-bond acceptors (Lipinski definition) is 3. The van der Waals surface area contributed by atoms with Crippen molar-refractivity contribution in [2.75, 3.05) is 19.7 Å². The number of rotatable bonds is 4. The lowest BCUT2D eigenvalue weighted by Gasteiger charge is -2.17. The Hall–Kier alpha value is -0.970. The van der Waals surface area contributed by atoms with Crippen molar-refractivity contribution < 1.29 is 14.6 Å². The van der Waals surface area contributed by atoms with Gasteiger partial charge in [0.05, 0.1) is 11.6 Å². The van der Waals surface area contributed by atoms with Gasteiger partial charge in [-0.2, -0.15) is 0 Å². The Morgan fingerprint density at radius 3 is 2.63 bits per heavy atom. The molecule has 4 nitrogen and oxygen atoms in total. The maximum atomic E-state index is 11.9. The molecule has 1 aromatic carbocycles. The quantitative estimate of drug-likeness (QED) is 0.930. The van der Waals surface area contributed by atoms with Gasteiger partial charge in [-0.15, -0.1) is 0 Å². The Morgan fingerprint density at radius 1 is 1.32 bits per heavy atom. The minimum atomic E-state index is -0.243. The summed E-state index contributed by atoms with van der Waals surface area (Å²) in [6, 6.07) is 3.10. The number of carbonyl (C=O) groups excluding carboxylic acids is 1. The maximum Gasteiger partial charge on any atom is 0.260 e. The molecule has 1 N–H and O–H groups in total. The minimum absolute atomic E-state index is 0.0626. The van der Waals surface area contributed by atoms with E-state index >= 15 is 0 Å². The molecule has 1 fully saturated rings. The summed E-state index contributed by atoms with van der Waals surface area (Å²) in [6.07, 6.45) is 2.07. The highest BCUT2D eigenvalue weighted by atomic mass is 35.5. The van der Waals surface area contributed by atoms with E-state index in [4.69, 9.17) is 27.9 Å². The summed E-state index contributed by atoms with van der Waals surface area (Å²) in [5.41, 5.74) is 0.478. The average Bonchev–Trinajstić information content (AvgIpc) is 2.90. The van der Waals surface area contributed by atoms with E-state index in [9.17, 15) is 9.90 Å². The Balaban J connectivity index is 2.04. The topological polar surface area (TPSA) is 49.8 Å². The zero-order valence-corrected chi connectivity index (χ0v) is 11.9. The predicted molar refractivity (Wildman–Crippen MR) is 73.7 cm³/mol. The van der Waals surface area contributed by atoms with Gasteiger partial charge in [0, 0.05) is 23.7 Å². The highest BCUT2D eigenvalue weighted by molar-refractivity contribution is 6.35. The molecular weight excluding hydrogens is 289 g/mol. The lowest BCUT2D eigenvalue weighted by atomic mass is 10.2. The third-order valence-electron chi connectivity index (χ3n) is 3.05.